The number of fused-ring (bicyclic) bond motifs is 5. The second-order valence-corrected chi connectivity index (χ2v) is 16.2. The Hall–Kier alpha value is -2.82. The van der Waals surface area contributed by atoms with E-state index in [1.807, 2.05) is 6.92 Å². The van der Waals surface area contributed by atoms with Crippen molar-refractivity contribution >= 4 is 34.1 Å². The number of carbonyl (C=O) groups excluding carboxylic acids is 2. The van der Waals surface area contributed by atoms with E-state index >= 15 is 0 Å². The first-order valence-electron chi connectivity index (χ1n) is 17.0. The van der Waals surface area contributed by atoms with Gasteiger partial charge in [-0.25, -0.2) is 4.98 Å². The van der Waals surface area contributed by atoms with Gasteiger partial charge in [0.05, 0.1) is 25.5 Å². The van der Waals surface area contributed by atoms with E-state index in [1.54, 1.807) is 13.3 Å². The molecule has 0 radical (unpaired) electrons. The van der Waals surface area contributed by atoms with Crippen molar-refractivity contribution in [3.8, 4) is 5.75 Å². The molecule has 10 heteroatoms. The highest BCUT2D eigenvalue weighted by molar-refractivity contribution is 7.15. The van der Waals surface area contributed by atoms with Gasteiger partial charge in [-0.1, -0.05) is 38.9 Å². The predicted octanol–water partition coefficient (Wildman–Crippen LogP) is 6.49. The van der Waals surface area contributed by atoms with Crippen LogP contribution in [0.25, 0.3) is 0 Å². The SMILES string of the molecule is CO/N=C1\C[C@@H](CCC(=O)Nc2ncc(C)s2)C2C3CCc4cc(OC(=O)CN5CCOCC5)c(C(C)(C)C)cc4C3CC[C@]12C. The molecule has 1 saturated heterocycles. The summed E-state index contributed by atoms with van der Waals surface area (Å²) in [6.07, 6.45) is 8.12. The van der Waals surface area contributed by atoms with E-state index in [0.29, 0.717) is 54.2 Å². The molecule has 2 aromatic rings. The summed E-state index contributed by atoms with van der Waals surface area (Å²) in [7, 11) is 1.64. The van der Waals surface area contributed by atoms with Gasteiger partial charge in [-0.15, -0.1) is 11.3 Å². The zero-order valence-electron chi connectivity index (χ0n) is 28.3. The van der Waals surface area contributed by atoms with Crippen LogP contribution in [0.15, 0.2) is 23.5 Å². The highest BCUT2D eigenvalue weighted by atomic mass is 32.1. The summed E-state index contributed by atoms with van der Waals surface area (Å²) in [5.41, 5.74) is 4.76. The molecular formula is C36H50N4O5S. The summed E-state index contributed by atoms with van der Waals surface area (Å²) in [5, 5.41) is 8.26. The Bertz CT molecular complexity index is 1480. The van der Waals surface area contributed by atoms with Crippen LogP contribution in [0.3, 0.4) is 0 Å². The summed E-state index contributed by atoms with van der Waals surface area (Å²) in [4.78, 5) is 39.0. The molecule has 1 amide bonds. The van der Waals surface area contributed by atoms with Gasteiger partial charge in [-0.05, 0) is 91.7 Å². The standard InChI is InChI=1S/C36H50N4O5S/c1-22-20-37-34(46-22)38-31(41)10-8-24-18-30(39-43-6)36(5)12-11-25-26(33(24)36)9-7-23-17-29(28(19-27(23)25)35(2,3)4)45-32(42)21-40-13-15-44-16-14-40/h17,19-20,24-26,33H,7-16,18,21H2,1-6H3,(H,37,38,41)/b39-30+/t24-,25?,26?,33?,36-/m1/s1. The summed E-state index contributed by atoms with van der Waals surface area (Å²) in [6.45, 7) is 14.1. The fourth-order valence-corrected chi connectivity index (χ4v) is 9.56. The van der Waals surface area contributed by atoms with Crippen molar-refractivity contribution in [2.75, 3.05) is 45.3 Å². The first-order valence-corrected chi connectivity index (χ1v) is 17.8. The third-order valence-electron chi connectivity index (χ3n) is 11.0. The first-order chi connectivity index (χ1) is 22.0. The minimum atomic E-state index is -0.206. The van der Waals surface area contributed by atoms with Gasteiger partial charge < -0.3 is 19.6 Å². The fraction of sp³-hybridized carbons (Fsp3) is 0.667. The Kier molecular flexibility index (Phi) is 9.61. The van der Waals surface area contributed by atoms with Crippen LogP contribution >= 0.6 is 11.3 Å². The van der Waals surface area contributed by atoms with Crippen LogP contribution in [0.5, 0.6) is 5.75 Å². The van der Waals surface area contributed by atoms with Crippen LogP contribution in [0.2, 0.25) is 0 Å². The minimum Gasteiger partial charge on any atom is -0.425 e. The normalized spacial score (nSPS) is 28.7. The van der Waals surface area contributed by atoms with Crippen LogP contribution in [0, 0.1) is 30.1 Å². The number of carbonyl (C=O) groups is 2. The van der Waals surface area contributed by atoms with E-state index < -0.39 is 0 Å². The molecule has 5 atom stereocenters. The number of amides is 1. The number of thiazole rings is 1. The van der Waals surface area contributed by atoms with Crippen LogP contribution in [-0.4, -0.2) is 67.4 Å². The van der Waals surface area contributed by atoms with Gasteiger partial charge in [0.15, 0.2) is 5.13 Å². The van der Waals surface area contributed by atoms with Crippen molar-refractivity contribution in [3.63, 3.8) is 0 Å². The molecule has 0 bridgehead atoms. The lowest BCUT2D eigenvalue weighted by Gasteiger charge is -2.50. The molecule has 0 spiro atoms. The number of rotatable bonds is 8. The van der Waals surface area contributed by atoms with E-state index in [1.165, 1.54) is 22.5 Å². The second kappa shape index (κ2) is 13.4. The summed E-state index contributed by atoms with van der Waals surface area (Å²) < 4.78 is 11.6. The number of aromatic nitrogens is 1. The van der Waals surface area contributed by atoms with E-state index in [0.717, 1.165) is 67.8 Å². The third-order valence-corrected chi connectivity index (χ3v) is 11.8. The van der Waals surface area contributed by atoms with Crippen molar-refractivity contribution in [1.82, 2.24) is 9.88 Å². The zero-order chi connectivity index (χ0) is 32.6. The van der Waals surface area contributed by atoms with Crippen molar-refractivity contribution < 1.29 is 23.9 Å². The lowest BCUT2D eigenvalue weighted by atomic mass is 9.53. The largest absolute Gasteiger partial charge is 0.425 e. The Balaban J connectivity index is 1.24. The number of hydrogen-bond acceptors (Lipinski definition) is 9. The lowest BCUT2D eigenvalue weighted by Crippen LogP contribution is -2.44. The number of anilines is 1. The summed E-state index contributed by atoms with van der Waals surface area (Å²) in [6, 6.07) is 4.54. The third kappa shape index (κ3) is 6.76. The summed E-state index contributed by atoms with van der Waals surface area (Å²) >= 11 is 1.51. The van der Waals surface area contributed by atoms with E-state index in [9.17, 15) is 9.59 Å². The number of morpholine rings is 1. The van der Waals surface area contributed by atoms with Crippen molar-refractivity contribution in [3.05, 3.63) is 39.9 Å². The molecule has 3 aliphatic carbocycles. The molecule has 9 nitrogen and oxygen atoms in total. The smallest absolute Gasteiger partial charge is 0.325 e. The molecule has 46 heavy (non-hydrogen) atoms. The number of hydrogen-bond donors (Lipinski definition) is 1. The van der Waals surface area contributed by atoms with Crippen LogP contribution in [0.4, 0.5) is 5.13 Å². The van der Waals surface area contributed by atoms with E-state index in [2.05, 4.69) is 60.2 Å². The molecule has 1 aromatic carbocycles. The molecule has 6 rings (SSSR count). The number of esters is 1. The Morgan fingerprint density at radius 3 is 2.70 bits per heavy atom. The van der Waals surface area contributed by atoms with Crippen LogP contribution in [-0.2, 0) is 31.0 Å². The molecule has 250 valence electrons. The Morgan fingerprint density at radius 1 is 1.22 bits per heavy atom. The van der Waals surface area contributed by atoms with E-state index in [-0.39, 0.29) is 29.3 Å². The van der Waals surface area contributed by atoms with Gasteiger partial charge in [0, 0.05) is 41.6 Å². The number of ether oxygens (including phenoxy) is 2. The Morgan fingerprint density at radius 2 is 2.00 bits per heavy atom. The number of aryl methyl sites for hydroxylation is 2. The number of nitrogens with one attached hydrogen (secondary N) is 1. The molecule has 1 N–H and O–H groups in total. The van der Waals surface area contributed by atoms with E-state index in [4.69, 9.17) is 14.3 Å². The van der Waals surface area contributed by atoms with Gasteiger partial charge >= 0.3 is 5.97 Å². The number of nitrogens with zero attached hydrogens (tertiary/aromatic N) is 3. The molecule has 1 aliphatic heterocycles. The van der Waals surface area contributed by atoms with Crippen LogP contribution in [0.1, 0.15) is 93.7 Å². The quantitative estimate of drug-likeness (QED) is 0.198. The van der Waals surface area contributed by atoms with Crippen LogP contribution < -0.4 is 10.1 Å². The first kappa shape index (κ1) is 33.1. The Labute approximate surface area is 277 Å². The highest BCUT2D eigenvalue weighted by Gasteiger charge is 2.57. The highest BCUT2D eigenvalue weighted by Crippen LogP contribution is 2.63. The molecule has 2 saturated carbocycles. The van der Waals surface area contributed by atoms with Gasteiger partial charge in [-0.3, -0.25) is 14.5 Å². The van der Waals surface area contributed by atoms with Gasteiger partial charge in [0.1, 0.15) is 12.9 Å². The van der Waals surface area contributed by atoms with Gasteiger partial charge in [-0.2, -0.15) is 0 Å². The topological polar surface area (TPSA) is 102 Å². The van der Waals surface area contributed by atoms with Crippen molar-refractivity contribution in [1.29, 1.82) is 0 Å². The van der Waals surface area contributed by atoms with Crippen molar-refractivity contribution in [2.24, 2.45) is 28.3 Å². The molecule has 1 aromatic heterocycles. The maximum atomic E-state index is 13.1. The monoisotopic (exact) mass is 650 g/mol. The average molecular weight is 651 g/mol. The lowest BCUT2D eigenvalue weighted by molar-refractivity contribution is -0.136. The minimum absolute atomic E-state index is 0.0278. The summed E-state index contributed by atoms with van der Waals surface area (Å²) in [5.74, 6) is 2.23. The molecule has 3 unspecified atom stereocenters. The second-order valence-electron chi connectivity index (χ2n) is 15.0. The maximum Gasteiger partial charge on any atom is 0.325 e. The average Bonchev–Trinajstić information content (AvgIpc) is 3.54. The maximum absolute atomic E-state index is 13.1. The fourth-order valence-electron chi connectivity index (χ4n) is 8.87. The van der Waals surface area contributed by atoms with Gasteiger partial charge in [0.2, 0.25) is 5.91 Å². The number of oxime groups is 1. The molecule has 3 fully saturated rings. The number of benzene rings is 1. The predicted molar refractivity (Wildman–Crippen MR) is 181 cm³/mol. The zero-order valence-corrected chi connectivity index (χ0v) is 29.1. The van der Waals surface area contributed by atoms with Gasteiger partial charge in [0.25, 0.3) is 0 Å². The van der Waals surface area contributed by atoms with Crippen molar-refractivity contribution in [2.45, 2.75) is 90.9 Å². The molecule has 4 aliphatic rings. The molecular weight excluding hydrogens is 600 g/mol. The molecule has 2 heterocycles.